The fourth-order valence-electron chi connectivity index (χ4n) is 2.52. The summed E-state index contributed by atoms with van der Waals surface area (Å²) in [4.78, 5) is 5.93. The molecule has 106 valence electrons. The number of rotatable bonds is 2. The number of fused-ring (bicyclic) bond motifs is 1. The monoisotopic (exact) mass is 298 g/mol. The number of benzene rings is 1. The Morgan fingerprint density at radius 1 is 1.43 bits per heavy atom. The highest BCUT2D eigenvalue weighted by Crippen LogP contribution is 2.33. The Labute approximate surface area is 127 Å². The zero-order valence-electron chi connectivity index (χ0n) is 11.8. The minimum absolute atomic E-state index is 0.274. The van der Waals surface area contributed by atoms with Gasteiger partial charge in [0.2, 0.25) is 0 Å². The van der Waals surface area contributed by atoms with Crippen molar-refractivity contribution >= 4 is 23.0 Å². The van der Waals surface area contributed by atoms with Gasteiger partial charge in [0, 0.05) is 4.88 Å². The van der Waals surface area contributed by atoms with Crippen LogP contribution in [0.25, 0.3) is 11.6 Å². The second-order valence-corrected chi connectivity index (χ2v) is 6.54. The van der Waals surface area contributed by atoms with Crippen LogP contribution in [0.3, 0.4) is 0 Å². The Hall–Kier alpha value is -1.99. The van der Waals surface area contributed by atoms with Crippen LogP contribution in [0.1, 0.15) is 34.5 Å². The zero-order chi connectivity index (χ0) is 14.8. The van der Waals surface area contributed by atoms with E-state index >= 15 is 0 Å². The van der Waals surface area contributed by atoms with Crippen molar-refractivity contribution < 1.29 is 4.39 Å². The van der Waals surface area contributed by atoms with Crippen LogP contribution in [0.15, 0.2) is 24.3 Å². The van der Waals surface area contributed by atoms with E-state index in [1.807, 2.05) is 0 Å². The maximum Gasteiger partial charge on any atom is 0.134 e. The number of thiazole rings is 1. The van der Waals surface area contributed by atoms with Gasteiger partial charge in [-0.3, -0.25) is 0 Å². The molecule has 3 rings (SSSR count). The summed E-state index contributed by atoms with van der Waals surface area (Å²) in [5, 5.41) is 10.2. The van der Waals surface area contributed by atoms with Crippen molar-refractivity contribution in [1.29, 1.82) is 5.26 Å². The standard InChI is InChI=1S/C17H15FN2S/c1-11-2-7-15-16(8-11)21-17(20-15)13(10-19)9-12-3-5-14(18)6-4-12/h3-6,9,11H,2,7-8H2,1H3/b13-9+/t11-/m1/s1. The Bertz CT molecular complexity index is 722. The maximum absolute atomic E-state index is 12.9. The Balaban J connectivity index is 1.94. The van der Waals surface area contributed by atoms with Gasteiger partial charge in [-0.15, -0.1) is 11.3 Å². The molecule has 4 heteroatoms. The van der Waals surface area contributed by atoms with E-state index in [2.05, 4.69) is 18.0 Å². The molecule has 1 heterocycles. The molecular formula is C17H15FN2S. The molecule has 0 unspecified atom stereocenters. The van der Waals surface area contributed by atoms with Crippen LogP contribution >= 0.6 is 11.3 Å². The normalized spacial score (nSPS) is 18.1. The van der Waals surface area contributed by atoms with Crippen LogP contribution in [-0.2, 0) is 12.8 Å². The molecule has 0 amide bonds. The van der Waals surface area contributed by atoms with Crippen molar-refractivity contribution in [2.75, 3.05) is 0 Å². The SMILES string of the molecule is C[C@@H]1CCc2nc(/C(C#N)=C/c3ccc(F)cc3)sc2C1. The first-order valence-corrected chi connectivity index (χ1v) is 7.83. The van der Waals surface area contributed by atoms with Crippen LogP contribution < -0.4 is 0 Å². The predicted molar refractivity (Wildman–Crippen MR) is 83.2 cm³/mol. The number of aromatic nitrogens is 1. The molecule has 0 N–H and O–H groups in total. The summed E-state index contributed by atoms with van der Waals surface area (Å²) in [5.41, 5.74) is 2.51. The number of nitriles is 1. The highest BCUT2D eigenvalue weighted by atomic mass is 32.1. The van der Waals surface area contributed by atoms with E-state index in [1.54, 1.807) is 29.5 Å². The summed E-state index contributed by atoms with van der Waals surface area (Å²) in [5.74, 6) is 0.418. The van der Waals surface area contributed by atoms with E-state index in [4.69, 9.17) is 0 Å². The fraction of sp³-hybridized carbons (Fsp3) is 0.294. The lowest BCUT2D eigenvalue weighted by molar-refractivity contribution is 0.502. The molecule has 0 radical (unpaired) electrons. The molecule has 2 aromatic rings. The lowest BCUT2D eigenvalue weighted by Gasteiger charge is -2.15. The molecule has 2 nitrogen and oxygen atoms in total. The van der Waals surface area contributed by atoms with Crippen LogP contribution in [-0.4, -0.2) is 4.98 Å². The molecule has 1 aromatic heterocycles. The van der Waals surface area contributed by atoms with Gasteiger partial charge in [0.05, 0.1) is 11.3 Å². The van der Waals surface area contributed by atoms with Crippen molar-refractivity contribution in [2.24, 2.45) is 5.92 Å². The Morgan fingerprint density at radius 2 is 2.19 bits per heavy atom. The summed E-state index contributed by atoms with van der Waals surface area (Å²) in [6, 6.07) is 8.35. The van der Waals surface area contributed by atoms with Gasteiger partial charge in [-0.05, 0) is 49.0 Å². The van der Waals surface area contributed by atoms with Gasteiger partial charge in [0.15, 0.2) is 0 Å². The minimum atomic E-state index is -0.274. The third kappa shape index (κ3) is 3.03. The Kier molecular flexibility index (Phi) is 3.85. The van der Waals surface area contributed by atoms with E-state index in [9.17, 15) is 9.65 Å². The first-order valence-electron chi connectivity index (χ1n) is 7.02. The number of allylic oxidation sites excluding steroid dienone is 1. The molecule has 0 fully saturated rings. The minimum Gasteiger partial charge on any atom is -0.240 e. The van der Waals surface area contributed by atoms with E-state index in [0.29, 0.717) is 11.5 Å². The largest absolute Gasteiger partial charge is 0.240 e. The molecule has 1 aliphatic rings. The van der Waals surface area contributed by atoms with Crippen LogP contribution in [0.4, 0.5) is 4.39 Å². The summed E-state index contributed by atoms with van der Waals surface area (Å²) < 4.78 is 12.9. The molecule has 1 aliphatic carbocycles. The first kappa shape index (κ1) is 14.0. The summed E-state index contributed by atoms with van der Waals surface area (Å²) in [7, 11) is 0. The molecule has 0 saturated carbocycles. The second kappa shape index (κ2) is 5.79. The van der Waals surface area contributed by atoms with E-state index in [1.165, 1.54) is 23.4 Å². The number of hydrogen-bond donors (Lipinski definition) is 0. The van der Waals surface area contributed by atoms with Crippen LogP contribution in [0.2, 0.25) is 0 Å². The quantitative estimate of drug-likeness (QED) is 0.767. The van der Waals surface area contributed by atoms with E-state index < -0.39 is 0 Å². The van der Waals surface area contributed by atoms with Gasteiger partial charge in [-0.1, -0.05) is 19.1 Å². The summed E-state index contributed by atoms with van der Waals surface area (Å²) >= 11 is 1.62. The summed E-state index contributed by atoms with van der Waals surface area (Å²) in [6.45, 7) is 2.25. The first-order chi connectivity index (χ1) is 10.2. The van der Waals surface area contributed by atoms with Crippen molar-refractivity contribution in [2.45, 2.75) is 26.2 Å². The topological polar surface area (TPSA) is 36.7 Å². The van der Waals surface area contributed by atoms with E-state index in [0.717, 1.165) is 29.1 Å². The fourth-order valence-corrected chi connectivity index (χ4v) is 3.76. The third-order valence-corrected chi connectivity index (χ3v) is 4.87. The number of aryl methyl sites for hydroxylation is 1. The smallest absolute Gasteiger partial charge is 0.134 e. The lowest BCUT2D eigenvalue weighted by Crippen LogP contribution is -2.09. The van der Waals surface area contributed by atoms with Crippen molar-refractivity contribution in [3.8, 4) is 6.07 Å². The Morgan fingerprint density at radius 3 is 2.90 bits per heavy atom. The summed E-state index contributed by atoms with van der Waals surface area (Å²) in [6.07, 6.45) is 5.00. The van der Waals surface area contributed by atoms with Crippen LogP contribution in [0, 0.1) is 23.1 Å². The molecule has 0 aliphatic heterocycles. The van der Waals surface area contributed by atoms with Crippen molar-refractivity contribution in [1.82, 2.24) is 4.98 Å². The molecule has 0 saturated heterocycles. The number of halogens is 1. The zero-order valence-corrected chi connectivity index (χ0v) is 12.6. The van der Waals surface area contributed by atoms with Crippen LogP contribution in [0.5, 0.6) is 0 Å². The number of nitrogens with zero attached hydrogens (tertiary/aromatic N) is 2. The molecule has 1 atom stereocenters. The number of hydrogen-bond acceptors (Lipinski definition) is 3. The van der Waals surface area contributed by atoms with Gasteiger partial charge >= 0.3 is 0 Å². The third-order valence-electron chi connectivity index (χ3n) is 3.72. The predicted octanol–water partition coefficient (Wildman–Crippen LogP) is 4.47. The molecular weight excluding hydrogens is 283 g/mol. The highest BCUT2D eigenvalue weighted by Gasteiger charge is 2.20. The average Bonchev–Trinajstić information content (AvgIpc) is 2.89. The van der Waals surface area contributed by atoms with Gasteiger partial charge < -0.3 is 0 Å². The molecule has 1 aromatic carbocycles. The van der Waals surface area contributed by atoms with E-state index in [-0.39, 0.29) is 5.82 Å². The second-order valence-electron chi connectivity index (χ2n) is 5.46. The van der Waals surface area contributed by atoms with Gasteiger partial charge in [-0.2, -0.15) is 5.26 Å². The molecule has 0 bridgehead atoms. The average molecular weight is 298 g/mol. The maximum atomic E-state index is 12.9. The lowest BCUT2D eigenvalue weighted by atomic mass is 9.93. The highest BCUT2D eigenvalue weighted by molar-refractivity contribution is 7.13. The van der Waals surface area contributed by atoms with Gasteiger partial charge in [0.1, 0.15) is 16.9 Å². The molecule has 0 spiro atoms. The molecule has 21 heavy (non-hydrogen) atoms. The van der Waals surface area contributed by atoms with Gasteiger partial charge in [-0.25, -0.2) is 9.37 Å². The van der Waals surface area contributed by atoms with Crippen molar-refractivity contribution in [3.05, 3.63) is 51.2 Å². The van der Waals surface area contributed by atoms with Gasteiger partial charge in [0.25, 0.3) is 0 Å². The van der Waals surface area contributed by atoms with Crippen molar-refractivity contribution in [3.63, 3.8) is 0 Å².